The third kappa shape index (κ3) is 6.81. The molecular weight excluding hydrogens is 290 g/mol. The number of nitrogens with zero attached hydrogens (tertiary/aromatic N) is 1. The summed E-state index contributed by atoms with van der Waals surface area (Å²) < 4.78 is 0. The molecule has 0 saturated heterocycles. The second-order valence-electron chi connectivity index (χ2n) is 4.74. The number of carboxylic acid groups (broad SMARTS) is 1. The van der Waals surface area contributed by atoms with Gasteiger partial charge in [0, 0.05) is 17.3 Å². The highest BCUT2D eigenvalue weighted by Crippen LogP contribution is 2.23. The van der Waals surface area contributed by atoms with Crippen LogP contribution < -0.4 is 11.5 Å². The number of carboxylic acids is 1. The highest BCUT2D eigenvalue weighted by Gasteiger charge is 2.09. The molecule has 0 aliphatic carbocycles. The first kappa shape index (κ1) is 20.3. The number of unbranched alkanes of at least 4 members (excludes halogenated alkanes) is 1. The SMILES string of the molecule is Cc1ncc(CO)c(CO)c1O.NCCCC[C@H](N)C(=O)O. The van der Waals surface area contributed by atoms with Crippen LogP contribution in [0, 0.1) is 6.92 Å². The second kappa shape index (κ2) is 10.9. The summed E-state index contributed by atoms with van der Waals surface area (Å²) in [5.74, 6) is -0.971. The fourth-order valence-electron chi connectivity index (χ4n) is 1.63. The molecule has 8 heteroatoms. The minimum atomic E-state index is -0.933. The van der Waals surface area contributed by atoms with Crippen molar-refractivity contribution in [3.63, 3.8) is 0 Å². The maximum Gasteiger partial charge on any atom is 0.320 e. The predicted molar refractivity (Wildman–Crippen MR) is 81.0 cm³/mol. The van der Waals surface area contributed by atoms with Gasteiger partial charge in [0.25, 0.3) is 0 Å². The van der Waals surface area contributed by atoms with Crippen LogP contribution in [0.5, 0.6) is 5.75 Å². The Labute approximate surface area is 129 Å². The smallest absolute Gasteiger partial charge is 0.320 e. The quantitative estimate of drug-likeness (QED) is 0.370. The van der Waals surface area contributed by atoms with Crippen molar-refractivity contribution in [2.45, 2.75) is 45.4 Å². The van der Waals surface area contributed by atoms with E-state index in [1.807, 2.05) is 0 Å². The Balaban J connectivity index is 0.000000409. The lowest BCUT2D eigenvalue weighted by Crippen LogP contribution is -2.29. The lowest BCUT2D eigenvalue weighted by atomic mass is 10.1. The molecule has 0 aliphatic rings. The first-order valence-electron chi connectivity index (χ1n) is 6.95. The highest BCUT2D eigenvalue weighted by molar-refractivity contribution is 5.72. The molecule has 0 bridgehead atoms. The number of aliphatic carboxylic acids is 1. The van der Waals surface area contributed by atoms with Crippen LogP contribution in [0.3, 0.4) is 0 Å². The van der Waals surface area contributed by atoms with Crippen LogP contribution in [0.15, 0.2) is 6.20 Å². The molecule has 0 fully saturated rings. The first-order valence-corrected chi connectivity index (χ1v) is 6.95. The number of aliphatic hydroxyl groups excluding tert-OH is 2. The Kier molecular flexibility index (Phi) is 10.0. The summed E-state index contributed by atoms with van der Waals surface area (Å²) in [5, 5.41) is 35.4. The molecule has 1 aromatic rings. The number of carbonyl (C=O) groups is 1. The van der Waals surface area contributed by atoms with Gasteiger partial charge in [-0.2, -0.15) is 0 Å². The molecule has 0 aliphatic heterocycles. The summed E-state index contributed by atoms with van der Waals surface area (Å²) in [7, 11) is 0. The monoisotopic (exact) mass is 315 g/mol. The molecule has 126 valence electrons. The van der Waals surface area contributed by atoms with Crippen LogP contribution in [0.1, 0.15) is 36.1 Å². The number of pyridine rings is 1. The van der Waals surface area contributed by atoms with Crippen LogP contribution >= 0.6 is 0 Å². The van der Waals surface area contributed by atoms with E-state index in [4.69, 9.17) is 26.8 Å². The molecule has 0 saturated carbocycles. The van der Waals surface area contributed by atoms with Crippen LogP contribution in [-0.2, 0) is 18.0 Å². The minimum absolute atomic E-state index is 0.0379. The van der Waals surface area contributed by atoms with Crippen LogP contribution in [-0.4, -0.2) is 44.0 Å². The Bertz CT molecular complexity index is 468. The van der Waals surface area contributed by atoms with E-state index >= 15 is 0 Å². The fourth-order valence-corrected chi connectivity index (χ4v) is 1.63. The third-order valence-electron chi connectivity index (χ3n) is 3.05. The van der Waals surface area contributed by atoms with Crippen molar-refractivity contribution in [2.75, 3.05) is 6.54 Å². The third-order valence-corrected chi connectivity index (χ3v) is 3.05. The van der Waals surface area contributed by atoms with Crippen LogP contribution in [0.2, 0.25) is 0 Å². The van der Waals surface area contributed by atoms with Gasteiger partial charge in [-0.05, 0) is 26.3 Å². The van der Waals surface area contributed by atoms with Gasteiger partial charge in [-0.25, -0.2) is 0 Å². The van der Waals surface area contributed by atoms with Gasteiger partial charge < -0.3 is 31.9 Å². The molecule has 0 spiro atoms. The number of hydrogen-bond acceptors (Lipinski definition) is 7. The van der Waals surface area contributed by atoms with Crippen molar-refractivity contribution in [3.05, 3.63) is 23.0 Å². The van der Waals surface area contributed by atoms with E-state index in [0.29, 0.717) is 29.8 Å². The summed E-state index contributed by atoms with van der Waals surface area (Å²) in [6.45, 7) is 1.73. The van der Waals surface area contributed by atoms with Crippen molar-refractivity contribution in [1.82, 2.24) is 4.98 Å². The molecule has 0 amide bonds. The lowest BCUT2D eigenvalue weighted by molar-refractivity contribution is -0.138. The van der Waals surface area contributed by atoms with Gasteiger partial charge in [0.15, 0.2) is 0 Å². The van der Waals surface area contributed by atoms with E-state index in [2.05, 4.69) is 4.98 Å². The maximum atomic E-state index is 10.1. The highest BCUT2D eigenvalue weighted by atomic mass is 16.4. The van der Waals surface area contributed by atoms with Gasteiger partial charge in [-0.1, -0.05) is 6.42 Å². The number of nitrogens with two attached hydrogens (primary N) is 2. The Morgan fingerprint density at radius 1 is 1.32 bits per heavy atom. The molecule has 8 nitrogen and oxygen atoms in total. The molecular formula is C14H25N3O5. The van der Waals surface area contributed by atoms with E-state index in [0.717, 1.165) is 12.8 Å². The van der Waals surface area contributed by atoms with Gasteiger partial charge in [-0.15, -0.1) is 0 Å². The van der Waals surface area contributed by atoms with Crippen molar-refractivity contribution in [2.24, 2.45) is 11.5 Å². The van der Waals surface area contributed by atoms with Gasteiger partial charge in [0.05, 0.1) is 18.9 Å². The fraction of sp³-hybridized carbons (Fsp3) is 0.571. The number of aromatic nitrogens is 1. The van der Waals surface area contributed by atoms with Crippen LogP contribution in [0.4, 0.5) is 0 Å². The van der Waals surface area contributed by atoms with E-state index < -0.39 is 12.0 Å². The molecule has 8 N–H and O–H groups in total. The topological polar surface area (TPSA) is 163 Å². The number of rotatable bonds is 7. The number of hydrogen-bond donors (Lipinski definition) is 6. The number of aromatic hydroxyl groups is 1. The largest absolute Gasteiger partial charge is 0.506 e. The molecule has 1 atom stereocenters. The van der Waals surface area contributed by atoms with E-state index in [9.17, 15) is 9.90 Å². The van der Waals surface area contributed by atoms with E-state index in [1.54, 1.807) is 6.92 Å². The summed E-state index contributed by atoms with van der Waals surface area (Å²) in [5.41, 5.74) is 11.7. The second-order valence-corrected chi connectivity index (χ2v) is 4.74. The summed E-state index contributed by atoms with van der Waals surface area (Å²) in [6, 6.07) is -0.716. The molecule has 0 aromatic carbocycles. The zero-order chi connectivity index (χ0) is 17.1. The van der Waals surface area contributed by atoms with Gasteiger partial charge in [0.2, 0.25) is 0 Å². The average molecular weight is 315 g/mol. The van der Waals surface area contributed by atoms with Crippen molar-refractivity contribution in [3.8, 4) is 5.75 Å². The van der Waals surface area contributed by atoms with Crippen molar-refractivity contribution < 1.29 is 25.2 Å². The maximum absolute atomic E-state index is 10.1. The molecule has 0 radical (unpaired) electrons. The standard InChI is InChI=1S/C8H11NO3.C6H14N2O2/c1-5-8(12)7(4-11)6(3-10)2-9-5;7-4-2-1-3-5(8)6(9)10/h2,10-12H,3-4H2,1H3;5H,1-4,7-8H2,(H,9,10)/t;5-/m.0/s1. The van der Waals surface area contributed by atoms with Gasteiger partial charge in [0.1, 0.15) is 11.8 Å². The predicted octanol–water partition coefficient (Wildman–Crippen LogP) is -0.392. The van der Waals surface area contributed by atoms with Gasteiger partial charge >= 0.3 is 5.97 Å². The Hall–Kier alpha value is -1.74. The molecule has 1 aromatic heterocycles. The molecule has 1 rings (SSSR count). The van der Waals surface area contributed by atoms with Crippen LogP contribution in [0.25, 0.3) is 0 Å². The van der Waals surface area contributed by atoms with Crippen molar-refractivity contribution >= 4 is 5.97 Å². The minimum Gasteiger partial charge on any atom is -0.506 e. The molecule has 22 heavy (non-hydrogen) atoms. The summed E-state index contributed by atoms with van der Waals surface area (Å²) in [4.78, 5) is 14.0. The number of aliphatic hydroxyl groups is 2. The molecule has 0 unspecified atom stereocenters. The van der Waals surface area contributed by atoms with Crippen molar-refractivity contribution in [1.29, 1.82) is 0 Å². The lowest BCUT2D eigenvalue weighted by Gasteiger charge is -2.07. The van der Waals surface area contributed by atoms with E-state index in [1.165, 1.54) is 6.20 Å². The number of aryl methyl sites for hydroxylation is 1. The normalized spacial score (nSPS) is 11.5. The van der Waals surface area contributed by atoms with Gasteiger partial charge in [-0.3, -0.25) is 9.78 Å². The first-order chi connectivity index (χ1) is 10.4. The zero-order valence-corrected chi connectivity index (χ0v) is 12.7. The zero-order valence-electron chi connectivity index (χ0n) is 12.7. The summed E-state index contributed by atoms with van der Waals surface area (Å²) in [6.07, 6.45) is 3.61. The molecule has 1 heterocycles. The average Bonchev–Trinajstić information content (AvgIpc) is 2.50. The summed E-state index contributed by atoms with van der Waals surface area (Å²) >= 11 is 0. The van der Waals surface area contributed by atoms with E-state index in [-0.39, 0.29) is 19.0 Å². The Morgan fingerprint density at radius 2 is 1.95 bits per heavy atom. The Morgan fingerprint density at radius 3 is 2.41 bits per heavy atom.